The zero-order valence-electron chi connectivity index (χ0n) is 11.4. The van der Waals surface area contributed by atoms with Gasteiger partial charge in [-0.05, 0) is 30.9 Å². The van der Waals surface area contributed by atoms with Crippen molar-refractivity contribution >= 4 is 5.69 Å². The monoisotopic (exact) mass is 277 g/mol. The maximum absolute atomic E-state index is 10.8. The number of hydrogen-bond donors (Lipinski definition) is 0. The summed E-state index contributed by atoms with van der Waals surface area (Å²) in [5, 5.41) is 10.8. The maximum Gasteiger partial charge on any atom is 0.273 e. The molecular formula is C15H19NO4. The van der Waals surface area contributed by atoms with Crippen molar-refractivity contribution in [3.63, 3.8) is 0 Å². The Balaban J connectivity index is 1.67. The van der Waals surface area contributed by atoms with Gasteiger partial charge in [-0.15, -0.1) is 0 Å². The molecule has 1 atom stereocenters. The van der Waals surface area contributed by atoms with Crippen LogP contribution in [0, 0.1) is 10.1 Å². The molecule has 0 amide bonds. The molecule has 1 unspecified atom stereocenters. The van der Waals surface area contributed by atoms with Crippen molar-refractivity contribution in [2.45, 2.75) is 57.3 Å². The van der Waals surface area contributed by atoms with Crippen LogP contribution >= 0.6 is 0 Å². The van der Waals surface area contributed by atoms with E-state index in [2.05, 4.69) is 0 Å². The number of nitrogens with zero attached hydrogens (tertiary/aromatic N) is 1. The number of fused-ring (bicyclic) bond motifs is 1. The number of ether oxygens (including phenoxy) is 2. The Bertz CT molecular complexity index is 497. The normalized spacial score (nSPS) is 22.9. The molecule has 1 fully saturated rings. The molecule has 0 bridgehead atoms. The van der Waals surface area contributed by atoms with Gasteiger partial charge in [0.2, 0.25) is 0 Å². The predicted octanol–water partition coefficient (Wildman–Crippen LogP) is 3.60. The average Bonchev–Trinajstić information content (AvgIpc) is 2.47. The van der Waals surface area contributed by atoms with Crippen molar-refractivity contribution in [1.82, 2.24) is 0 Å². The smallest absolute Gasteiger partial charge is 0.273 e. The van der Waals surface area contributed by atoms with Gasteiger partial charge in [-0.1, -0.05) is 19.3 Å². The molecule has 108 valence electrons. The van der Waals surface area contributed by atoms with Gasteiger partial charge < -0.3 is 9.47 Å². The minimum atomic E-state index is -0.394. The Labute approximate surface area is 118 Å². The Morgan fingerprint density at radius 1 is 1.20 bits per heavy atom. The van der Waals surface area contributed by atoms with E-state index in [9.17, 15) is 10.1 Å². The number of rotatable bonds is 3. The molecule has 1 aliphatic heterocycles. The topological polar surface area (TPSA) is 61.6 Å². The Morgan fingerprint density at radius 3 is 2.75 bits per heavy atom. The van der Waals surface area contributed by atoms with Crippen molar-refractivity contribution in [2.75, 3.05) is 0 Å². The first-order valence-corrected chi connectivity index (χ1v) is 7.32. The number of benzene rings is 1. The first-order valence-electron chi connectivity index (χ1n) is 7.32. The van der Waals surface area contributed by atoms with Crippen LogP contribution < -0.4 is 4.74 Å². The van der Waals surface area contributed by atoms with Crippen LogP contribution in [0.3, 0.4) is 0 Å². The van der Waals surface area contributed by atoms with E-state index >= 15 is 0 Å². The average molecular weight is 277 g/mol. The van der Waals surface area contributed by atoms with Crippen molar-refractivity contribution < 1.29 is 14.4 Å². The molecule has 5 heteroatoms. The van der Waals surface area contributed by atoms with Crippen molar-refractivity contribution in [3.8, 4) is 5.75 Å². The van der Waals surface area contributed by atoms with Crippen LogP contribution in [0.4, 0.5) is 5.69 Å². The number of nitro benzene ring substituents is 1. The van der Waals surface area contributed by atoms with Crippen LogP contribution in [0.25, 0.3) is 0 Å². The van der Waals surface area contributed by atoms with Crippen molar-refractivity contribution in [3.05, 3.63) is 33.9 Å². The first-order chi connectivity index (χ1) is 9.72. The van der Waals surface area contributed by atoms with E-state index in [1.54, 1.807) is 6.07 Å². The highest BCUT2D eigenvalue weighted by atomic mass is 16.7. The fourth-order valence-corrected chi connectivity index (χ4v) is 2.96. The summed E-state index contributed by atoms with van der Waals surface area (Å²) in [4.78, 5) is 10.4. The van der Waals surface area contributed by atoms with E-state index in [0.29, 0.717) is 5.75 Å². The summed E-state index contributed by atoms with van der Waals surface area (Å²) in [6.07, 6.45) is 7.64. The van der Waals surface area contributed by atoms with Crippen LogP contribution in [0.15, 0.2) is 18.2 Å². The molecule has 2 aliphatic rings. The lowest BCUT2D eigenvalue weighted by Crippen LogP contribution is -2.31. The number of non-ortho nitro benzene ring substituents is 1. The highest BCUT2D eigenvalue weighted by Gasteiger charge is 2.25. The van der Waals surface area contributed by atoms with Crippen LogP contribution in [0.2, 0.25) is 0 Å². The Morgan fingerprint density at radius 2 is 2.00 bits per heavy atom. The van der Waals surface area contributed by atoms with Crippen LogP contribution in [-0.4, -0.2) is 17.3 Å². The number of nitro groups is 1. The molecule has 5 nitrogen and oxygen atoms in total. The highest BCUT2D eigenvalue weighted by molar-refractivity contribution is 5.45. The van der Waals surface area contributed by atoms with E-state index in [-0.39, 0.29) is 18.1 Å². The van der Waals surface area contributed by atoms with Crippen LogP contribution in [0.1, 0.15) is 44.1 Å². The molecule has 3 rings (SSSR count). The molecule has 0 aromatic heterocycles. The van der Waals surface area contributed by atoms with Gasteiger partial charge >= 0.3 is 0 Å². The Kier molecular flexibility index (Phi) is 3.87. The summed E-state index contributed by atoms with van der Waals surface area (Å²) in [6, 6.07) is 4.82. The second-order valence-electron chi connectivity index (χ2n) is 5.53. The van der Waals surface area contributed by atoms with E-state index in [1.807, 2.05) is 0 Å². The van der Waals surface area contributed by atoms with E-state index < -0.39 is 4.92 Å². The van der Waals surface area contributed by atoms with Crippen molar-refractivity contribution in [2.24, 2.45) is 0 Å². The second kappa shape index (κ2) is 5.79. The summed E-state index contributed by atoms with van der Waals surface area (Å²) >= 11 is 0. The van der Waals surface area contributed by atoms with Crippen LogP contribution in [0.5, 0.6) is 5.75 Å². The fourth-order valence-electron chi connectivity index (χ4n) is 2.96. The van der Waals surface area contributed by atoms with Gasteiger partial charge in [0, 0.05) is 12.5 Å². The third-order valence-corrected chi connectivity index (χ3v) is 4.07. The van der Waals surface area contributed by atoms with Gasteiger partial charge in [-0.2, -0.15) is 0 Å². The minimum absolute atomic E-state index is 0.0714. The summed E-state index contributed by atoms with van der Waals surface area (Å²) in [5.74, 6) is 0.603. The Hall–Kier alpha value is -1.62. The lowest BCUT2D eigenvalue weighted by Gasteiger charge is -2.31. The summed E-state index contributed by atoms with van der Waals surface area (Å²) in [7, 11) is 0. The zero-order chi connectivity index (χ0) is 13.9. The van der Waals surface area contributed by atoms with E-state index in [0.717, 1.165) is 31.2 Å². The predicted molar refractivity (Wildman–Crippen MR) is 73.8 cm³/mol. The first kappa shape index (κ1) is 13.4. The van der Waals surface area contributed by atoms with Gasteiger partial charge in [-0.3, -0.25) is 10.1 Å². The summed E-state index contributed by atoms with van der Waals surface area (Å²) < 4.78 is 11.8. The molecule has 0 saturated heterocycles. The van der Waals surface area contributed by atoms with E-state index in [4.69, 9.17) is 9.47 Å². The molecule has 1 aromatic carbocycles. The zero-order valence-corrected chi connectivity index (χ0v) is 11.4. The lowest BCUT2D eigenvalue weighted by molar-refractivity contribution is -0.385. The summed E-state index contributed by atoms with van der Waals surface area (Å²) in [5.41, 5.74) is 1.10. The molecule has 20 heavy (non-hydrogen) atoms. The number of aryl methyl sites for hydroxylation is 1. The van der Waals surface area contributed by atoms with Gasteiger partial charge in [0.05, 0.1) is 17.1 Å². The molecule has 0 radical (unpaired) electrons. The van der Waals surface area contributed by atoms with Crippen LogP contribution in [-0.2, 0) is 11.2 Å². The maximum atomic E-state index is 10.8. The third-order valence-electron chi connectivity index (χ3n) is 4.07. The molecule has 1 heterocycles. The molecule has 1 saturated carbocycles. The standard InChI is InChI=1S/C15H19NO4/c17-16(18)12-8-6-11-7-9-15(20-14(11)10-12)19-13-4-2-1-3-5-13/h6,8,10,13,15H,1-5,7,9H2. The lowest BCUT2D eigenvalue weighted by atomic mass is 9.97. The largest absolute Gasteiger partial charge is 0.464 e. The van der Waals surface area contributed by atoms with Crippen molar-refractivity contribution in [1.29, 1.82) is 0 Å². The SMILES string of the molecule is O=[N+]([O-])c1ccc2c(c1)OC(OC1CCCCC1)CC2. The third kappa shape index (κ3) is 2.93. The molecule has 1 aromatic rings. The second-order valence-corrected chi connectivity index (χ2v) is 5.53. The van der Waals surface area contributed by atoms with Gasteiger partial charge in [0.25, 0.3) is 5.69 Å². The highest BCUT2D eigenvalue weighted by Crippen LogP contribution is 2.33. The van der Waals surface area contributed by atoms with Gasteiger partial charge in [0.15, 0.2) is 6.29 Å². The number of hydrogen-bond acceptors (Lipinski definition) is 4. The van der Waals surface area contributed by atoms with Gasteiger partial charge in [-0.25, -0.2) is 0 Å². The summed E-state index contributed by atoms with van der Waals surface area (Å²) in [6.45, 7) is 0. The van der Waals surface area contributed by atoms with Gasteiger partial charge in [0.1, 0.15) is 5.75 Å². The molecule has 0 spiro atoms. The quantitative estimate of drug-likeness (QED) is 0.625. The molecular weight excluding hydrogens is 258 g/mol. The minimum Gasteiger partial charge on any atom is -0.464 e. The molecule has 1 aliphatic carbocycles. The fraction of sp³-hybridized carbons (Fsp3) is 0.600. The molecule has 0 N–H and O–H groups in total. The van der Waals surface area contributed by atoms with E-state index in [1.165, 1.54) is 31.4 Å².